The fourth-order valence-electron chi connectivity index (χ4n) is 2.38. The summed E-state index contributed by atoms with van der Waals surface area (Å²) in [6, 6.07) is 8.83. The fourth-order valence-corrected chi connectivity index (χ4v) is 2.38. The third-order valence-corrected chi connectivity index (χ3v) is 3.83. The highest BCUT2D eigenvalue weighted by Gasteiger charge is 2.15. The summed E-state index contributed by atoms with van der Waals surface area (Å²) in [5.74, 6) is -0.628. The third-order valence-electron chi connectivity index (χ3n) is 3.83. The maximum absolute atomic E-state index is 11.7. The lowest BCUT2D eigenvalue weighted by Gasteiger charge is -2.19. The van der Waals surface area contributed by atoms with E-state index < -0.39 is 5.60 Å². The zero-order chi connectivity index (χ0) is 24.2. The van der Waals surface area contributed by atoms with Gasteiger partial charge >= 0.3 is 11.9 Å². The Morgan fingerprint density at radius 3 is 1.52 bits per heavy atom. The van der Waals surface area contributed by atoms with Gasteiger partial charge in [0.25, 0.3) is 0 Å². The highest BCUT2D eigenvalue weighted by molar-refractivity contribution is 5.89. The lowest BCUT2D eigenvalue weighted by Crippen LogP contribution is -2.24. The highest BCUT2D eigenvalue weighted by Crippen LogP contribution is 2.08. The van der Waals surface area contributed by atoms with E-state index in [1.165, 1.54) is 0 Å². The molecule has 188 valence electrons. The van der Waals surface area contributed by atoms with E-state index in [1.807, 2.05) is 26.8 Å². The molecule has 0 aliphatic carbocycles. The van der Waals surface area contributed by atoms with Crippen LogP contribution in [0, 0.1) is 0 Å². The number of esters is 2. The minimum atomic E-state index is -0.472. The van der Waals surface area contributed by atoms with Crippen LogP contribution in [0.2, 0.25) is 0 Å². The van der Waals surface area contributed by atoms with Gasteiger partial charge in [0.05, 0.1) is 78.1 Å². The molecule has 0 saturated heterocycles. The SMILES string of the molecule is CC(C)(C)OC(=O)CCOCCOCCOCCOCCOCCOC(=O)c1ccccc1. The molecule has 9 heteroatoms. The van der Waals surface area contributed by atoms with Crippen molar-refractivity contribution >= 4 is 11.9 Å². The zero-order valence-electron chi connectivity index (χ0n) is 20.0. The van der Waals surface area contributed by atoms with Gasteiger partial charge in [-0.15, -0.1) is 0 Å². The first-order valence-electron chi connectivity index (χ1n) is 11.2. The van der Waals surface area contributed by atoms with Crippen LogP contribution in [0.3, 0.4) is 0 Å². The van der Waals surface area contributed by atoms with Crippen LogP contribution in [0.5, 0.6) is 0 Å². The summed E-state index contributed by atoms with van der Waals surface area (Å²) < 4.78 is 37.2. The smallest absolute Gasteiger partial charge is 0.338 e. The van der Waals surface area contributed by atoms with Crippen molar-refractivity contribution in [1.82, 2.24) is 0 Å². The molecule has 33 heavy (non-hydrogen) atoms. The van der Waals surface area contributed by atoms with E-state index in [4.69, 9.17) is 33.2 Å². The molecule has 0 fully saturated rings. The summed E-state index contributed by atoms with van der Waals surface area (Å²) in [4.78, 5) is 23.2. The quantitative estimate of drug-likeness (QED) is 0.223. The summed E-state index contributed by atoms with van der Waals surface area (Å²) in [7, 11) is 0. The molecule has 0 aliphatic heterocycles. The Labute approximate surface area is 196 Å². The number of hydrogen-bond donors (Lipinski definition) is 0. The van der Waals surface area contributed by atoms with Gasteiger partial charge in [-0.1, -0.05) is 18.2 Å². The maximum Gasteiger partial charge on any atom is 0.338 e. The van der Waals surface area contributed by atoms with Crippen molar-refractivity contribution in [2.75, 3.05) is 72.7 Å². The average molecular weight is 471 g/mol. The molecule has 1 aromatic carbocycles. The monoisotopic (exact) mass is 470 g/mol. The van der Waals surface area contributed by atoms with E-state index in [1.54, 1.807) is 24.3 Å². The number of hydrogen-bond acceptors (Lipinski definition) is 9. The van der Waals surface area contributed by atoms with Crippen LogP contribution in [0.25, 0.3) is 0 Å². The van der Waals surface area contributed by atoms with Crippen molar-refractivity contribution in [1.29, 1.82) is 0 Å². The first-order chi connectivity index (χ1) is 15.9. The van der Waals surface area contributed by atoms with E-state index in [-0.39, 0.29) is 25.0 Å². The number of rotatable bonds is 19. The van der Waals surface area contributed by atoms with Crippen LogP contribution in [0.1, 0.15) is 37.6 Å². The molecule has 1 rings (SSSR count). The maximum atomic E-state index is 11.7. The molecule has 9 nitrogen and oxygen atoms in total. The highest BCUT2D eigenvalue weighted by atomic mass is 16.6. The van der Waals surface area contributed by atoms with E-state index in [0.717, 1.165) is 0 Å². The van der Waals surface area contributed by atoms with Crippen molar-refractivity contribution in [3.63, 3.8) is 0 Å². The molecule has 0 saturated carbocycles. The van der Waals surface area contributed by atoms with Crippen LogP contribution in [0.15, 0.2) is 30.3 Å². The largest absolute Gasteiger partial charge is 0.460 e. The molecule has 0 unspecified atom stereocenters. The van der Waals surface area contributed by atoms with E-state index >= 15 is 0 Å². The molecule has 0 bridgehead atoms. The molecule has 0 amide bonds. The molecular formula is C24H38O9. The molecule has 0 N–H and O–H groups in total. The van der Waals surface area contributed by atoms with Gasteiger partial charge < -0.3 is 33.2 Å². The van der Waals surface area contributed by atoms with Crippen LogP contribution in [-0.2, 0) is 38.0 Å². The van der Waals surface area contributed by atoms with Gasteiger partial charge in [0.15, 0.2) is 0 Å². The molecular weight excluding hydrogens is 432 g/mol. The normalized spacial score (nSPS) is 11.4. The number of carbonyl (C=O) groups excluding carboxylic acids is 2. The molecule has 1 aromatic rings. The van der Waals surface area contributed by atoms with Gasteiger partial charge in [-0.25, -0.2) is 4.79 Å². The Bertz CT molecular complexity index is 629. The van der Waals surface area contributed by atoms with Crippen molar-refractivity contribution in [3.8, 4) is 0 Å². The van der Waals surface area contributed by atoms with Crippen molar-refractivity contribution in [2.24, 2.45) is 0 Å². The number of ether oxygens (including phenoxy) is 7. The molecule has 0 aliphatic rings. The summed E-state index contributed by atoms with van der Waals surface area (Å²) >= 11 is 0. The molecule has 0 heterocycles. The summed E-state index contributed by atoms with van der Waals surface area (Å²) in [6.07, 6.45) is 0.229. The van der Waals surface area contributed by atoms with Crippen LogP contribution < -0.4 is 0 Å². The standard InChI is InChI=1S/C24H38O9/c1-24(2,3)33-22(25)9-10-27-11-12-28-13-14-29-15-16-30-17-18-31-19-20-32-23(26)21-7-5-4-6-8-21/h4-8H,9-20H2,1-3H3. The Morgan fingerprint density at radius 1 is 0.636 bits per heavy atom. The van der Waals surface area contributed by atoms with Gasteiger partial charge in [0.2, 0.25) is 0 Å². The Hall–Kier alpha value is -2.04. The molecule has 0 spiro atoms. The van der Waals surface area contributed by atoms with E-state index in [2.05, 4.69) is 0 Å². The second-order valence-corrected chi connectivity index (χ2v) is 7.90. The topological polar surface area (TPSA) is 98.8 Å². The van der Waals surface area contributed by atoms with Gasteiger partial charge in [-0.2, -0.15) is 0 Å². The Morgan fingerprint density at radius 2 is 1.06 bits per heavy atom. The van der Waals surface area contributed by atoms with E-state index in [9.17, 15) is 9.59 Å². The predicted molar refractivity (Wildman–Crippen MR) is 121 cm³/mol. The fraction of sp³-hybridized carbons (Fsp3) is 0.667. The minimum Gasteiger partial charge on any atom is -0.460 e. The van der Waals surface area contributed by atoms with Crippen LogP contribution in [0.4, 0.5) is 0 Å². The average Bonchev–Trinajstić information content (AvgIpc) is 2.77. The van der Waals surface area contributed by atoms with Crippen LogP contribution in [-0.4, -0.2) is 90.2 Å². The minimum absolute atomic E-state index is 0.200. The Kier molecular flexibility index (Phi) is 16.2. The van der Waals surface area contributed by atoms with Crippen molar-refractivity contribution in [3.05, 3.63) is 35.9 Å². The number of benzene rings is 1. The van der Waals surface area contributed by atoms with Crippen molar-refractivity contribution in [2.45, 2.75) is 32.8 Å². The van der Waals surface area contributed by atoms with Gasteiger partial charge in [0.1, 0.15) is 12.2 Å². The molecule has 0 atom stereocenters. The Balaban J connectivity index is 1.75. The first kappa shape index (κ1) is 29.0. The lowest BCUT2D eigenvalue weighted by molar-refractivity contribution is -0.156. The van der Waals surface area contributed by atoms with E-state index in [0.29, 0.717) is 71.6 Å². The summed E-state index contributed by atoms with van der Waals surface area (Å²) in [5.41, 5.74) is 0.0507. The first-order valence-corrected chi connectivity index (χ1v) is 11.2. The molecule has 0 aromatic heterocycles. The zero-order valence-corrected chi connectivity index (χ0v) is 20.0. The van der Waals surface area contributed by atoms with Gasteiger partial charge in [0, 0.05) is 0 Å². The van der Waals surface area contributed by atoms with Gasteiger partial charge in [-0.05, 0) is 32.9 Å². The number of carbonyl (C=O) groups is 2. The lowest BCUT2D eigenvalue weighted by atomic mass is 10.2. The summed E-state index contributed by atoms with van der Waals surface area (Å²) in [5, 5.41) is 0. The predicted octanol–water partition coefficient (Wildman–Crippen LogP) is 2.66. The van der Waals surface area contributed by atoms with Crippen LogP contribution >= 0.6 is 0 Å². The summed E-state index contributed by atoms with van der Waals surface area (Å²) in [6.45, 7) is 9.88. The second kappa shape index (κ2) is 18.4. The second-order valence-electron chi connectivity index (χ2n) is 7.90. The molecule has 0 radical (unpaired) electrons. The van der Waals surface area contributed by atoms with Crippen molar-refractivity contribution < 1.29 is 42.7 Å². The third kappa shape index (κ3) is 18.1. The van der Waals surface area contributed by atoms with Gasteiger partial charge in [-0.3, -0.25) is 4.79 Å².